The SMILES string of the molecule is Nc1ncc2c(c1C(=O)O)-c1ccccc1C2=O. The lowest BCUT2D eigenvalue weighted by molar-refractivity contribution is 0.0698. The molecule has 2 aromatic rings. The van der Waals surface area contributed by atoms with Crippen molar-refractivity contribution in [3.8, 4) is 11.1 Å². The number of benzene rings is 1. The van der Waals surface area contributed by atoms with E-state index in [0.29, 0.717) is 22.3 Å². The summed E-state index contributed by atoms with van der Waals surface area (Å²) in [5.74, 6) is -1.47. The maximum atomic E-state index is 12.1. The first-order chi connectivity index (χ1) is 8.61. The van der Waals surface area contributed by atoms with E-state index >= 15 is 0 Å². The van der Waals surface area contributed by atoms with Gasteiger partial charge in [0.1, 0.15) is 11.4 Å². The lowest BCUT2D eigenvalue weighted by Crippen LogP contribution is -2.08. The number of nitrogens with two attached hydrogens (primary N) is 1. The summed E-state index contributed by atoms with van der Waals surface area (Å²) < 4.78 is 0. The first-order valence-electron chi connectivity index (χ1n) is 5.27. The van der Waals surface area contributed by atoms with Crippen molar-refractivity contribution >= 4 is 17.6 Å². The molecule has 0 aliphatic heterocycles. The second kappa shape index (κ2) is 3.40. The Bertz CT molecular complexity index is 707. The lowest BCUT2D eigenvalue weighted by atomic mass is 10.0. The van der Waals surface area contributed by atoms with Crippen LogP contribution in [0.1, 0.15) is 26.3 Å². The molecule has 88 valence electrons. The van der Waals surface area contributed by atoms with Crippen molar-refractivity contribution in [2.75, 3.05) is 5.73 Å². The molecule has 0 radical (unpaired) electrons. The quantitative estimate of drug-likeness (QED) is 0.673. The van der Waals surface area contributed by atoms with Crippen LogP contribution in [0.25, 0.3) is 11.1 Å². The van der Waals surface area contributed by atoms with E-state index in [1.54, 1.807) is 24.3 Å². The number of pyridine rings is 1. The molecule has 3 N–H and O–H groups in total. The van der Waals surface area contributed by atoms with Gasteiger partial charge in [0.25, 0.3) is 0 Å². The van der Waals surface area contributed by atoms with Crippen molar-refractivity contribution in [2.24, 2.45) is 0 Å². The molecule has 0 amide bonds. The number of rotatable bonds is 1. The fourth-order valence-corrected chi connectivity index (χ4v) is 2.24. The number of carboxylic acids is 1. The van der Waals surface area contributed by atoms with Crippen LogP contribution in [0.5, 0.6) is 0 Å². The molecule has 0 atom stereocenters. The minimum absolute atomic E-state index is 0.0780. The second-order valence-electron chi connectivity index (χ2n) is 3.99. The van der Waals surface area contributed by atoms with Crippen molar-refractivity contribution < 1.29 is 14.7 Å². The Morgan fingerprint density at radius 1 is 1.17 bits per heavy atom. The van der Waals surface area contributed by atoms with Gasteiger partial charge >= 0.3 is 5.97 Å². The number of anilines is 1. The van der Waals surface area contributed by atoms with Crippen molar-refractivity contribution in [1.82, 2.24) is 4.98 Å². The Balaban J connectivity index is 2.45. The summed E-state index contributed by atoms with van der Waals surface area (Å²) in [6, 6.07) is 6.87. The molecule has 1 aliphatic rings. The third-order valence-electron chi connectivity index (χ3n) is 3.01. The van der Waals surface area contributed by atoms with E-state index in [2.05, 4.69) is 4.98 Å². The average molecular weight is 240 g/mol. The second-order valence-corrected chi connectivity index (χ2v) is 3.99. The largest absolute Gasteiger partial charge is 0.478 e. The van der Waals surface area contributed by atoms with Gasteiger partial charge in [0, 0.05) is 22.9 Å². The van der Waals surface area contributed by atoms with Gasteiger partial charge in [0.15, 0.2) is 5.78 Å². The summed E-state index contributed by atoms with van der Waals surface area (Å²) in [6.45, 7) is 0. The maximum absolute atomic E-state index is 12.1. The van der Waals surface area contributed by atoms with Crippen LogP contribution in [0, 0.1) is 0 Å². The highest BCUT2D eigenvalue weighted by Crippen LogP contribution is 2.39. The topological polar surface area (TPSA) is 93.3 Å². The molecule has 0 spiro atoms. The van der Waals surface area contributed by atoms with E-state index in [-0.39, 0.29) is 17.2 Å². The number of carbonyl (C=O) groups excluding carboxylic acids is 1. The molecule has 1 aliphatic carbocycles. The first-order valence-corrected chi connectivity index (χ1v) is 5.27. The third kappa shape index (κ3) is 1.18. The smallest absolute Gasteiger partial charge is 0.340 e. The van der Waals surface area contributed by atoms with E-state index in [1.165, 1.54) is 6.20 Å². The van der Waals surface area contributed by atoms with Gasteiger partial charge < -0.3 is 10.8 Å². The molecule has 0 bridgehead atoms. The minimum Gasteiger partial charge on any atom is -0.478 e. The molecule has 0 fully saturated rings. The predicted octanol–water partition coefficient (Wildman–Crippen LogP) is 1.57. The molecule has 1 aromatic carbocycles. The summed E-state index contributed by atoms with van der Waals surface area (Å²) in [4.78, 5) is 27.1. The number of nitrogens with zero attached hydrogens (tertiary/aromatic N) is 1. The number of aromatic nitrogens is 1. The molecule has 18 heavy (non-hydrogen) atoms. The molecule has 3 rings (SSSR count). The van der Waals surface area contributed by atoms with Gasteiger partial charge in [-0.3, -0.25) is 4.79 Å². The maximum Gasteiger partial charge on any atom is 0.340 e. The Labute approximate surface area is 102 Å². The number of nitrogen functional groups attached to an aromatic ring is 1. The van der Waals surface area contributed by atoms with E-state index in [1.807, 2.05) is 0 Å². The molecular weight excluding hydrogens is 232 g/mol. The zero-order chi connectivity index (χ0) is 12.9. The summed E-state index contributed by atoms with van der Waals surface area (Å²) in [7, 11) is 0. The number of aromatic carboxylic acids is 1. The molecule has 1 aromatic heterocycles. The van der Waals surface area contributed by atoms with E-state index < -0.39 is 5.97 Å². The number of hydrogen-bond donors (Lipinski definition) is 2. The number of carbonyl (C=O) groups is 2. The molecule has 1 heterocycles. The fraction of sp³-hybridized carbons (Fsp3) is 0. The van der Waals surface area contributed by atoms with Gasteiger partial charge in [-0.1, -0.05) is 24.3 Å². The van der Waals surface area contributed by atoms with Crippen LogP contribution < -0.4 is 5.73 Å². The molecule has 5 heteroatoms. The van der Waals surface area contributed by atoms with Crippen molar-refractivity contribution in [3.05, 3.63) is 47.2 Å². The van der Waals surface area contributed by atoms with Gasteiger partial charge in [-0.2, -0.15) is 0 Å². The van der Waals surface area contributed by atoms with Crippen LogP contribution in [-0.4, -0.2) is 21.8 Å². The highest BCUT2D eigenvalue weighted by molar-refractivity contribution is 6.24. The van der Waals surface area contributed by atoms with E-state index in [4.69, 9.17) is 5.73 Å². The van der Waals surface area contributed by atoms with Crippen LogP contribution in [0.2, 0.25) is 0 Å². The molecule has 0 saturated carbocycles. The van der Waals surface area contributed by atoms with Gasteiger partial charge in [-0.15, -0.1) is 0 Å². The molecule has 0 unspecified atom stereocenters. The van der Waals surface area contributed by atoms with E-state index in [9.17, 15) is 14.7 Å². The van der Waals surface area contributed by atoms with Gasteiger partial charge in [-0.25, -0.2) is 9.78 Å². The van der Waals surface area contributed by atoms with Gasteiger partial charge in [-0.05, 0) is 5.56 Å². The lowest BCUT2D eigenvalue weighted by Gasteiger charge is -2.06. The standard InChI is InChI=1S/C13H8N2O3/c14-12-10(13(17)18)9-6-3-1-2-4-7(6)11(16)8(9)5-15-12/h1-5H,(H2,14,15)(H,17,18). The Hall–Kier alpha value is -2.69. The van der Waals surface area contributed by atoms with Crippen molar-refractivity contribution in [2.45, 2.75) is 0 Å². The Morgan fingerprint density at radius 2 is 1.83 bits per heavy atom. The summed E-state index contributed by atoms with van der Waals surface area (Å²) in [5, 5.41) is 9.21. The highest BCUT2D eigenvalue weighted by atomic mass is 16.4. The Morgan fingerprint density at radius 3 is 2.50 bits per heavy atom. The summed E-state index contributed by atoms with van der Waals surface area (Å²) >= 11 is 0. The van der Waals surface area contributed by atoms with E-state index in [0.717, 1.165) is 0 Å². The fourth-order valence-electron chi connectivity index (χ4n) is 2.24. The normalized spacial score (nSPS) is 12.1. The van der Waals surface area contributed by atoms with Crippen LogP contribution in [0.15, 0.2) is 30.5 Å². The Kier molecular flexibility index (Phi) is 1.98. The van der Waals surface area contributed by atoms with Gasteiger partial charge in [0.2, 0.25) is 0 Å². The molecular formula is C13H8N2O3. The third-order valence-corrected chi connectivity index (χ3v) is 3.01. The van der Waals surface area contributed by atoms with Crippen LogP contribution in [0.4, 0.5) is 5.82 Å². The zero-order valence-corrected chi connectivity index (χ0v) is 9.18. The number of carboxylic acid groups (broad SMARTS) is 1. The number of ketones is 1. The monoisotopic (exact) mass is 240 g/mol. The zero-order valence-electron chi connectivity index (χ0n) is 9.18. The van der Waals surface area contributed by atoms with Crippen LogP contribution in [0.3, 0.4) is 0 Å². The van der Waals surface area contributed by atoms with Crippen LogP contribution >= 0.6 is 0 Å². The number of fused-ring (bicyclic) bond motifs is 3. The van der Waals surface area contributed by atoms with Crippen LogP contribution in [-0.2, 0) is 0 Å². The first kappa shape index (κ1) is 10.5. The molecule has 0 saturated heterocycles. The molecule has 5 nitrogen and oxygen atoms in total. The summed E-state index contributed by atoms with van der Waals surface area (Å²) in [6.07, 6.45) is 1.33. The van der Waals surface area contributed by atoms with Crippen molar-refractivity contribution in [1.29, 1.82) is 0 Å². The number of hydrogen-bond acceptors (Lipinski definition) is 4. The van der Waals surface area contributed by atoms with Gasteiger partial charge in [0.05, 0.1) is 0 Å². The average Bonchev–Trinajstić information content (AvgIpc) is 2.63. The highest BCUT2D eigenvalue weighted by Gasteiger charge is 2.32. The predicted molar refractivity (Wildman–Crippen MR) is 64.5 cm³/mol. The minimum atomic E-state index is -1.18. The van der Waals surface area contributed by atoms with Crippen molar-refractivity contribution in [3.63, 3.8) is 0 Å². The summed E-state index contributed by atoms with van der Waals surface area (Å²) in [5.41, 5.74) is 7.24.